The summed E-state index contributed by atoms with van der Waals surface area (Å²) >= 11 is 0. The molecule has 80 valence electrons. The summed E-state index contributed by atoms with van der Waals surface area (Å²) < 4.78 is 0. The fraction of sp³-hybridized carbons (Fsp3) is 0.917. The molecule has 0 amide bonds. The maximum Gasteiger partial charge on any atom is 0.0638 e. The van der Waals surface area contributed by atoms with Crippen LogP contribution in [0.5, 0.6) is 0 Å². The molecule has 0 aromatic heterocycles. The highest BCUT2D eigenvalue weighted by atomic mass is 15.0. The maximum absolute atomic E-state index is 8.67. The van der Waals surface area contributed by atoms with E-state index in [4.69, 9.17) is 5.26 Å². The topological polar surface area (TPSA) is 35.8 Å². The third kappa shape index (κ3) is 2.72. The van der Waals surface area contributed by atoms with Crippen LogP contribution in [-0.2, 0) is 0 Å². The van der Waals surface area contributed by atoms with Crippen LogP contribution in [-0.4, -0.2) is 12.1 Å². The van der Waals surface area contributed by atoms with Crippen LogP contribution in [0.25, 0.3) is 0 Å². The lowest BCUT2D eigenvalue weighted by Crippen LogP contribution is -2.39. The van der Waals surface area contributed by atoms with Gasteiger partial charge in [-0.05, 0) is 31.1 Å². The maximum atomic E-state index is 8.67. The Morgan fingerprint density at radius 3 is 2.57 bits per heavy atom. The molecule has 0 aromatic carbocycles. The largest absolute Gasteiger partial charge is 0.310 e. The van der Waals surface area contributed by atoms with E-state index in [-0.39, 0.29) is 0 Å². The summed E-state index contributed by atoms with van der Waals surface area (Å²) in [6.45, 7) is 6.81. The Balaban J connectivity index is 2.39. The van der Waals surface area contributed by atoms with Crippen molar-refractivity contribution in [2.24, 2.45) is 11.8 Å². The molecule has 0 radical (unpaired) electrons. The van der Waals surface area contributed by atoms with Crippen LogP contribution in [0.15, 0.2) is 0 Å². The van der Waals surface area contributed by atoms with Gasteiger partial charge in [0.05, 0.1) is 12.5 Å². The van der Waals surface area contributed by atoms with Crippen LogP contribution in [0.1, 0.15) is 46.5 Å². The van der Waals surface area contributed by atoms with Crippen LogP contribution in [0.2, 0.25) is 0 Å². The number of hydrogen-bond acceptors (Lipinski definition) is 2. The monoisotopic (exact) mass is 194 g/mol. The Morgan fingerprint density at radius 1 is 1.43 bits per heavy atom. The molecule has 1 fully saturated rings. The summed E-state index contributed by atoms with van der Waals surface area (Å²) in [6, 6.07) is 3.30. The van der Waals surface area contributed by atoms with Gasteiger partial charge < -0.3 is 5.32 Å². The molecule has 1 aliphatic rings. The first kappa shape index (κ1) is 11.5. The van der Waals surface area contributed by atoms with Gasteiger partial charge in [-0.2, -0.15) is 5.26 Å². The van der Waals surface area contributed by atoms with Crippen molar-refractivity contribution in [3.05, 3.63) is 0 Å². The first-order chi connectivity index (χ1) is 6.69. The average molecular weight is 194 g/mol. The summed E-state index contributed by atoms with van der Waals surface area (Å²) in [6.07, 6.45) is 4.32. The fourth-order valence-electron chi connectivity index (χ4n) is 2.33. The molecule has 1 saturated carbocycles. The molecule has 1 N–H and O–H groups in total. The second-order valence-corrected chi connectivity index (χ2v) is 4.65. The lowest BCUT2D eigenvalue weighted by Gasteiger charge is -2.24. The second kappa shape index (κ2) is 5.36. The van der Waals surface area contributed by atoms with Crippen molar-refractivity contribution in [2.75, 3.05) is 0 Å². The molecular formula is C12H22N2. The van der Waals surface area contributed by atoms with Crippen molar-refractivity contribution in [3.63, 3.8) is 0 Å². The van der Waals surface area contributed by atoms with Crippen LogP contribution in [0, 0.1) is 23.2 Å². The fourth-order valence-corrected chi connectivity index (χ4v) is 2.33. The van der Waals surface area contributed by atoms with Crippen molar-refractivity contribution < 1.29 is 0 Å². The highest BCUT2D eigenvalue weighted by Crippen LogP contribution is 2.31. The molecule has 2 heteroatoms. The summed E-state index contributed by atoms with van der Waals surface area (Å²) in [7, 11) is 0. The van der Waals surface area contributed by atoms with Crippen LogP contribution in [0.4, 0.5) is 0 Å². The molecule has 0 aromatic rings. The average Bonchev–Trinajstić information content (AvgIpc) is 2.49. The van der Waals surface area contributed by atoms with E-state index in [1.807, 2.05) is 0 Å². The molecule has 14 heavy (non-hydrogen) atoms. The minimum Gasteiger partial charge on any atom is -0.310 e. The number of nitriles is 1. The molecule has 0 aliphatic heterocycles. The molecule has 0 spiro atoms. The standard InChI is InChI=1S/C12H22N2/c1-4-11(7-8-13)14-12-6-5-9(2)10(12)3/h9-12,14H,4-7H2,1-3H3. The zero-order valence-corrected chi connectivity index (χ0v) is 9.59. The Hall–Kier alpha value is -0.550. The van der Waals surface area contributed by atoms with Crippen molar-refractivity contribution in [1.82, 2.24) is 5.32 Å². The summed E-state index contributed by atoms with van der Waals surface area (Å²) in [5.74, 6) is 1.61. The van der Waals surface area contributed by atoms with E-state index in [1.165, 1.54) is 12.8 Å². The smallest absolute Gasteiger partial charge is 0.0638 e. The molecule has 4 atom stereocenters. The van der Waals surface area contributed by atoms with E-state index in [9.17, 15) is 0 Å². The number of nitrogens with one attached hydrogen (secondary N) is 1. The van der Waals surface area contributed by atoms with Crippen molar-refractivity contribution in [1.29, 1.82) is 5.26 Å². The highest BCUT2D eigenvalue weighted by Gasteiger charge is 2.30. The molecule has 2 nitrogen and oxygen atoms in total. The third-order valence-electron chi connectivity index (χ3n) is 3.75. The van der Waals surface area contributed by atoms with Crippen LogP contribution >= 0.6 is 0 Å². The van der Waals surface area contributed by atoms with Gasteiger partial charge in [-0.25, -0.2) is 0 Å². The molecule has 1 aliphatic carbocycles. The zero-order chi connectivity index (χ0) is 10.6. The summed E-state index contributed by atoms with van der Waals surface area (Å²) in [5.41, 5.74) is 0. The predicted molar refractivity (Wildman–Crippen MR) is 58.8 cm³/mol. The second-order valence-electron chi connectivity index (χ2n) is 4.65. The van der Waals surface area contributed by atoms with Gasteiger partial charge >= 0.3 is 0 Å². The third-order valence-corrected chi connectivity index (χ3v) is 3.75. The minimum absolute atomic E-state index is 0.401. The van der Waals surface area contributed by atoms with Gasteiger partial charge in [0.25, 0.3) is 0 Å². The first-order valence-corrected chi connectivity index (χ1v) is 5.82. The normalized spacial score (nSPS) is 34.0. The first-order valence-electron chi connectivity index (χ1n) is 5.82. The molecule has 1 rings (SSSR count). The van der Waals surface area contributed by atoms with Crippen LogP contribution in [0.3, 0.4) is 0 Å². The van der Waals surface area contributed by atoms with Gasteiger partial charge in [0, 0.05) is 12.1 Å². The quantitative estimate of drug-likeness (QED) is 0.747. The van der Waals surface area contributed by atoms with E-state index in [2.05, 4.69) is 32.2 Å². The van der Waals surface area contributed by atoms with Gasteiger partial charge in [-0.15, -0.1) is 0 Å². The number of nitrogens with zero attached hydrogens (tertiary/aromatic N) is 1. The van der Waals surface area contributed by atoms with E-state index in [0.717, 1.165) is 18.3 Å². The predicted octanol–water partition coefficient (Wildman–Crippen LogP) is 2.70. The molecule has 0 saturated heterocycles. The SMILES string of the molecule is CCC(CC#N)NC1CCC(C)C1C. The van der Waals surface area contributed by atoms with Crippen molar-refractivity contribution in [3.8, 4) is 6.07 Å². The van der Waals surface area contributed by atoms with E-state index >= 15 is 0 Å². The number of hydrogen-bond donors (Lipinski definition) is 1. The Kier molecular flexibility index (Phi) is 4.41. The zero-order valence-electron chi connectivity index (χ0n) is 9.59. The Morgan fingerprint density at radius 2 is 2.14 bits per heavy atom. The van der Waals surface area contributed by atoms with Gasteiger partial charge in [0.1, 0.15) is 0 Å². The lowest BCUT2D eigenvalue weighted by atomic mass is 9.97. The van der Waals surface area contributed by atoms with Crippen molar-refractivity contribution >= 4 is 0 Å². The minimum atomic E-state index is 0.401. The highest BCUT2D eigenvalue weighted by molar-refractivity contribution is 4.89. The molecular weight excluding hydrogens is 172 g/mol. The van der Waals surface area contributed by atoms with Crippen LogP contribution < -0.4 is 5.32 Å². The molecule has 0 heterocycles. The molecule has 4 unspecified atom stereocenters. The van der Waals surface area contributed by atoms with E-state index in [1.54, 1.807) is 0 Å². The van der Waals surface area contributed by atoms with Gasteiger partial charge in [-0.3, -0.25) is 0 Å². The summed E-state index contributed by atoms with van der Waals surface area (Å²) in [5, 5.41) is 12.3. The Bertz CT molecular complexity index is 207. The van der Waals surface area contributed by atoms with Gasteiger partial charge in [0.2, 0.25) is 0 Å². The summed E-state index contributed by atoms with van der Waals surface area (Å²) in [4.78, 5) is 0. The van der Waals surface area contributed by atoms with Crippen molar-refractivity contribution in [2.45, 2.75) is 58.5 Å². The van der Waals surface area contributed by atoms with E-state index < -0.39 is 0 Å². The molecule has 0 bridgehead atoms. The number of rotatable bonds is 4. The van der Waals surface area contributed by atoms with E-state index in [0.29, 0.717) is 18.5 Å². The van der Waals surface area contributed by atoms with Gasteiger partial charge in [-0.1, -0.05) is 20.8 Å². The Labute approximate surface area is 87.7 Å². The van der Waals surface area contributed by atoms with Gasteiger partial charge in [0.15, 0.2) is 0 Å². The lowest BCUT2D eigenvalue weighted by molar-refractivity contribution is 0.333.